The molecule has 2 saturated heterocycles. The highest BCUT2D eigenvalue weighted by Gasteiger charge is 2.58. The van der Waals surface area contributed by atoms with Crippen molar-refractivity contribution in [2.75, 3.05) is 25.1 Å². The molecule has 2 aromatic rings. The predicted octanol–water partition coefficient (Wildman–Crippen LogP) is 2.78. The Morgan fingerprint density at radius 3 is 2.88 bits per heavy atom. The summed E-state index contributed by atoms with van der Waals surface area (Å²) in [5.74, 6) is 2.13. The highest BCUT2D eigenvalue weighted by Crippen LogP contribution is 2.62. The number of esters is 1. The summed E-state index contributed by atoms with van der Waals surface area (Å²) in [5, 5.41) is 0. The third kappa shape index (κ3) is 4.43. The van der Waals surface area contributed by atoms with Crippen molar-refractivity contribution in [3.63, 3.8) is 0 Å². The van der Waals surface area contributed by atoms with E-state index in [1.807, 2.05) is 6.92 Å². The number of nitrogens with zero attached hydrogens (tertiary/aromatic N) is 4. The Labute approximate surface area is 198 Å². The van der Waals surface area contributed by atoms with Crippen LogP contribution in [0.25, 0.3) is 11.2 Å². The minimum atomic E-state index is -3.45. The Kier molecular flexibility index (Phi) is 6.71. The molecule has 4 rings (SSSR count). The van der Waals surface area contributed by atoms with E-state index in [4.69, 9.17) is 30.7 Å². The highest BCUT2D eigenvalue weighted by atomic mass is 31.2. The SMILES string of the molecule is C#C[C@]1(C)[C@@H]2CP(=O)(OCC[C@H](C)C(=O)OC(C)C)OC[C@H]2O[C@H]1n1cnc2c(N)ncnc21. The van der Waals surface area contributed by atoms with Crippen LogP contribution >= 0.6 is 7.60 Å². The van der Waals surface area contributed by atoms with E-state index in [2.05, 4.69) is 20.9 Å². The quantitative estimate of drug-likeness (QED) is 0.349. The molecule has 0 aliphatic carbocycles. The first-order valence-corrected chi connectivity index (χ1v) is 13.0. The summed E-state index contributed by atoms with van der Waals surface area (Å²) in [6, 6.07) is 0. The number of hydrogen-bond donors (Lipinski definition) is 1. The van der Waals surface area contributed by atoms with Crippen LogP contribution in [0.1, 0.15) is 40.3 Å². The number of imidazole rings is 1. The topological polar surface area (TPSA) is 141 Å². The van der Waals surface area contributed by atoms with E-state index in [1.165, 1.54) is 6.33 Å². The van der Waals surface area contributed by atoms with Crippen LogP contribution in [-0.4, -0.2) is 57.1 Å². The fraction of sp³-hybridized carbons (Fsp3) is 0.636. The number of anilines is 1. The number of ether oxygens (including phenoxy) is 2. The van der Waals surface area contributed by atoms with Gasteiger partial charge in [0.25, 0.3) is 0 Å². The van der Waals surface area contributed by atoms with Crippen molar-refractivity contribution in [3.05, 3.63) is 12.7 Å². The number of hydrogen-bond acceptors (Lipinski definition) is 10. The molecule has 2 aliphatic heterocycles. The summed E-state index contributed by atoms with van der Waals surface area (Å²) in [6.07, 6.45) is 8.20. The molecule has 2 aliphatic rings. The van der Waals surface area contributed by atoms with Gasteiger partial charge in [-0.2, -0.15) is 0 Å². The molecule has 2 aromatic heterocycles. The van der Waals surface area contributed by atoms with Gasteiger partial charge in [0.1, 0.15) is 11.8 Å². The van der Waals surface area contributed by atoms with Gasteiger partial charge < -0.3 is 24.3 Å². The molecule has 12 heteroatoms. The van der Waals surface area contributed by atoms with Crippen LogP contribution in [0, 0.1) is 29.6 Å². The zero-order valence-electron chi connectivity index (χ0n) is 19.7. The Balaban J connectivity index is 1.48. The van der Waals surface area contributed by atoms with E-state index in [1.54, 1.807) is 31.7 Å². The fourth-order valence-corrected chi connectivity index (χ4v) is 6.55. The van der Waals surface area contributed by atoms with E-state index in [0.29, 0.717) is 17.6 Å². The molecule has 0 saturated carbocycles. The molecular weight excluding hydrogens is 461 g/mol. The molecule has 0 radical (unpaired) electrons. The van der Waals surface area contributed by atoms with Gasteiger partial charge in [-0.15, -0.1) is 6.42 Å². The summed E-state index contributed by atoms with van der Waals surface area (Å²) in [7, 11) is -3.45. The third-order valence-corrected chi connectivity index (χ3v) is 8.39. The van der Waals surface area contributed by atoms with E-state index in [0.717, 1.165) is 0 Å². The first-order valence-electron chi connectivity index (χ1n) is 11.2. The van der Waals surface area contributed by atoms with Gasteiger partial charge in [0.2, 0.25) is 0 Å². The lowest BCUT2D eigenvalue weighted by atomic mass is 9.77. The van der Waals surface area contributed by atoms with Crippen molar-refractivity contribution in [2.24, 2.45) is 17.3 Å². The number of rotatable bonds is 7. The largest absolute Gasteiger partial charge is 0.463 e. The van der Waals surface area contributed by atoms with Gasteiger partial charge in [-0.25, -0.2) is 15.0 Å². The monoisotopic (exact) mass is 491 g/mol. The second kappa shape index (κ2) is 9.27. The molecule has 11 nitrogen and oxygen atoms in total. The summed E-state index contributed by atoms with van der Waals surface area (Å²) in [6.45, 7) is 7.39. The van der Waals surface area contributed by atoms with Crippen molar-refractivity contribution >= 4 is 30.5 Å². The average Bonchev–Trinajstić information content (AvgIpc) is 3.33. The summed E-state index contributed by atoms with van der Waals surface area (Å²) in [4.78, 5) is 24.6. The Bertz CT molecular complexity index is 1160. The first-order chi connectivity index (χ1) is 16.1. The van der Waals surface area contributed by atoms with Gasteiger partial charge in [-0.3, -0.25) is 13.9 Å². The lowest BCUT2D eigenvalue weighted by molar-refractivity contribution is -0.152. The van der Waals surface area contributed by atoms with Gasteiger partial charge in [0.15, 0.2) is 17.7 Å². The molecule has 0 bridgehead atoms. The maximum Gasteiger partial charge on any atom is 0.331 e. The van der Waals surface area contributed by atoms with Crippen molar-refractivity contribution in [2.45, 2.75) is 52.6 Å². The molecule has 1 unspecified atom stereocenters. The molecule has 2 N–H and O–H groups in total. The minimum Gasteiger partial charge on any atom is -0.463 e. The van der Waals surface area contributed by atoms with Crippen LogP contribution < -0.4 is 5.73 Å². The molecular formula is C22H30N5O6P. The van der Waals surface area contributed by atoms with E-state index < -0.39 is 19.2 Å². The van der Waals surface area contributed by atoms with Gasteiger partial charge in [-0.05, 0) is 27.2 Å². The van der Waals surface area contributed by atoms with E-state index in [9.17, 15) is 9.36 Å². The van der Waals surface area contributed by atoms with Crippen LogP contribution in [0.15, 0.2) is 12.7 Å². The maximum absolute atomic E-state index is 13.4. The third-order valence-electron chi connectivity index (χ3n) is 6.44. The number of carbonyl (C=O) groups is 1. The van der Waals surface area contributed by atoms with Gasteiger partial charge in [0, 0.05) is 5.92 Å². The maximum atomic E-state index is 13.4. The number of fused-ring (bicyclic) bond motifs is 2. The van der Waals surface area contributed by atoms with Crippen LogP contribution in [0.5, 0.6) is 0 Å². The smallest absolute Gasteiger partial charge is 0.331 e. The Hall–Kier alpha value is -2.51. The molecule has 2 fully saturated rings. The second-order valence-electron chi connectivity index (χ2n) is 9.24. The highest BCUT2D eigenvalue weighted by molar-refractivity contribution is 7.53. The van der Waals surface area contributed by atoms with Crippen LogP contribution in [0.2, 0.25) is 0 Å². The number of nitrogen functional groups attached to an aromatic ring is 1. The summed E-state index contributed by atoms with van der Waals surface area (Å²) < 4.78 is 38.0. The number of aromatic nitrogens is 4. The van der Waals surface area contributed by atoms with Gasteiger partial charge in [-0.1, -0.05) is 12.8 Å². The minimum absolute atomic E-state index is 0.0738. The normalized spacial score (nSPS) is 31.8. The van der Waals surface area contributed by atoms with Crippen molar-refractivity contribution in [1.29, 1.82) is 0 Å². The Morgan fingerprint density at radius 2 is 2.18 bits per heavy atom. The standard InChI is InChI=1S/C22H30N5O6P/c1-6-22(5)15-10-34(29,30-8-7-14(4)20(28)32-13(2)3)31-9-16(15)33-21(22)27-12-26-17-18(23)24-11-25-19(17)27/h1,11-16,21H,7-10H2,2-5H3,(H2,23,24,25)/t14-,15+,16+,21+,22+,34?/m0/s1. The van der Waals surface area contributed by atoms with Crippen LogP contribution in [-0.2, 0) is 27.9 Å². The average molecular weight is 491 g/mol. The van der Waals surface area contributed by atoms with Crippen LogP contribution in [0.3, 0.4) is 0 Å². The second-order valence-corrected chi connectivity index (χ2v) is 11.3. The van der Waals surface area contributed by atoms with Crippen molar-refractivity contribution < 1.29 is 27.9 Å². The zero-order chi connectivity index (χ0) is 24.7. The molecule has 0 spiro atoms. The fourth-order valence-electron chi connectivity index (χ4n) is 4.41. The van der Waals surface area contributed by atoms with Crippen molar-refractivity contribution in [1.82, 2.24) is 19.5 Å². The lowest BCUT2D eigenvalue weighted by Gasteiger charge is -2.35. The molecule has 34 heavy (non-hydrogen) atoms. The van der Waals surface area contributed by atoms with E-state index >= 15 is 0 Å². The molecule has 0 aromatic carbocycles. The zero-order valence-corrected chi connectivity index (χ0v) is 20.6. The van der Waals surface area contributed by atoms with Crippen LogP contribution in [0.4, 0.5) is 5.82 Å². The van der Waals surface area contributed by atoms with Gasteiger partial charge >= 0.3 is 13.6 Å². The molecule has 4 heterocycles. The number of carbonyl (C=O) groups excluding carboxylic acids is 1. The van der Waals surface area contributed by atoms with E-state index in [-0.39, 0.29) is 55.2 Å². The lowest BCUT2D eigenvalue weighted by Crippen LogP contribution is -2.38. The van der Waals surface area contributed by atoms with Gasteiger partial charge in [0.05, 0.1) is 49.2 Å². The Morgan fingerprint density at radius 1 is 1.41 bits per heavy atom. The molecule has 184 valence electrons. The summed E-state index contributed by atoms with van der Waals surface area (Å²) >= 11 is 0. The molecule has 6 atom stereocenters. The van der Waals surface area contributed by atoms with Crippen molar-refractivity contribution in [3.8, 4) is 12.3 Å². The number of nitrogens with two attached hydrogens (primary N) is 1. The predicted molar refractivity (Wildman–Crippen MR) is 123 cm³/mol. The summed E-state index contributed by atoms with van der Waals surface area (Å²) in [5.41, 5.74) is 6.04. The first kappa shape index (κ1) is 24.6. The number of terminal acetylenes is 1. The molecule has 0 amide bonds.